The monoisotopic (exact) mass is 328 g/mol. The van der Waals surface area contributed by atoms with Gasteiger partial charge < -0.3 is 4.74 Å². The third kappa shape index (κ3) is 1.69. The number of carbonyl (C=O) groups excluding carboxylic acids is 2. The van der Waals surface area contributed by atoms with Gasteiger partial charge >= 0.3 is 5.97 Å². The van der Waals surface area contributed by atoms with Crippen molar-refractivity contribution in [2.24, 2.45) is 34.0 Å². The van der Waals surface area contributed by atoms with E-state index < -0.39 is 0 Å². The number of Topliss-reactive ketones (excluding diaryl/α,β-unsaturated/α-hetero) is 1. The largest absolute Gasteiger partial charge is 0.463 e. The molecular formula is C21H28O3. The van der Waals surface area contributed by atoms with Gasteiger partial charge in [-0.05, 0) is 73.5 Å². The summed E-state index contributed by atoms with van der Waals surface area (Å²) in [6, 6.07) is 0. The predicted octanol–water partition coefficient (Wildman–Crippen LogP) is 4.06. The van der Waals surface area contributed by atoms with E-state index in [1.807, 2.05) is 0 Å². The molecule has 0 aromatic heterocycles. The molecule has 0 heterocycles. The van der Waals surface area contributed by atoms with Crippen LogP contribution in [0.5, 0.6) is 0 Å². The van der Waals surface area contributed by atoms with E-state index in [0.717, 1.165) is 38.0 Å². The second-order valence-corrected chi connectivity index (χ2v) is 9.53. The van der Waals surface area contributed by atoms with E-state index in [-0.39, 0.29) is 17.5 Å². The molecule has 0 saturated heterocycles. The van der Waals surface area contributed by atoms with Gasteiger partial charge in [0, 0.05) is 18.8 Å². The Morgan fingerprint density at radius 2 is 2.04 bits per heavy atom. The first-order valence-corrected chi connectivity index (χ1v) is 9.80. The Morgan fingerprint density at radius 1 is 1.21 bits per heavy atom. The van der Waals surface area contributed by atoms with Crippen LogP contribution in [0.3, 0.4) is 0 Å². The molecule has 7 atom stereocenters. The third-order valence-electron chi connectivity index (χ3n) is 8.72. The summed E-state index contributed by atoms with van der Waals surface area (Å²) in [4.78, 5) is 23.8. The highest BCUT2D eigenvalue weighted by atomic mass is 16.5. The van der Waals surface area contributed by atoms with Crippen molar-refractivity contribution in [1.82, 2.24) is 0 Å². The van der Waals surface area contributed by atoms with Gasteiger partial charge in [0.1, 0.15) is 11.9 Å². The van der Waals surface area contributed by atoms with Gasteiger partial charge in [0.05, 0.1) is 0 Å². The second kappa shape index (κ2) is 4.53. The van der Waals surface area contributed by atoms with Crippen LogP contribution in [0.1, 0.15) is 65.2 Å². The Bertz CT molecular complexity index is 651. The minimum absolute atomic E-state index is 0.0496. The number of hydrogen-bond donors (Lipinski definition) is 0. The molecule has 3 nitrogen and oxygen atoms in total. The lowest BCUT2D eigenvalue weighted by Gasteiger charge is -2.52. The highest BCUT2D eigenvalue weighted by molar-refractivity contribution is 5.87. The maximum absolute atomic E-state index is 12.4. The van der Waals surface area contributed by atoms with E-state index in [9.17, 15) is 9.59 Å². The average Bonchev–Trinajstić information content (AvgIpc) is 3.13. The number of carbonyl (C=O) groups is 2. The molecule has 0 N–H and O–H groups in total. The topological polar surface area (TPSA) is 43.4 Å². The van der Waals surface area contributed by atoms with Crippen molar-refractivity contribution < 1.29 is 14.3 Å². The maximum atomic E-state index is 12.4. The van der Waals surface area contributed by atoms with Crippen LogP contribution >= 0.6 is 0 Å². The number of rotatable bonds is 1. The Kier molecular flexibility index (Phi) is 2.86. The molecule has 0 amide bonds. The molecule has 0 aromatic rings. The maximum Gasteiger partial charge on any atom is 0.302 e. The fourth-order valence-electron chi connectivity index (χ4n) is 7.55. The lowest BCUT2D eigenvalue weighted by Crippen LogP contribution is -2.47. The van der Waals surface area contributed by atoms with Gasteiger partial charge in [0.25, 0.3) is 0 Å². The van der Waals surface area contributed by atoms with E-state index in [1.54, 1.807) is 0 Å². The first-order valence-electron chi connectivity index (χ1n) is 9.80. The minimum atomic E-state index is -0.139. The summed E-state index contributed by atoms with van der Waals surface area (Å²) in [5.74, 6) is 2.31. The number of ketones is 1. The Labute approximate surface area is 144 Å². The molecule has 0 radical (unpaired) electrons. The number of ether oxygens (including phenoxy) is 1. The van der Waals surface area contributed by atoms with E-state index >= 15 is 0 Å². The summed E-state index contributed by atoms with van der Waals surface area (Å²) >= 11 is 0. The van der Waals surface area contributed by atoms with Crippen molar-refractivity contribution in [2.75, 3.05) is 0 Å². The molecule has 0 unspecified atom stereocenters. The van der Waals surface area contributed by atoms with Crippen molar-refractivity contribution >= 4 is 11.8 Å². The van der Waals surface area contributed by atoms with Crippen LogP contribution in [-0.2, 0) is 14.3 Å². The van der Waals surface area contributed by atoms with Crippen LogP contribution in [0.4, 0.5) is 0 Å². The third-order valence-corrected chi connectivity index (χ3v) is 8.72. The van der Waals surface area contributed by atoms with Gasteiger partial charge in [-0.15, -0.1) is 0 Å². The predicted molar refractivity (Wildman–Crippen MR) is 90.1 cm³/mol. The summed E-state index contributed by atoms with van der Waals surface area (Å²) in [6.07, 6.45) is 13.8. The second-order valence-electron chi connectivity index (χ2n) is 9.53. The normalized spacial score (nSPS) is 54.3. The van der Waals surface area contributed by atoms with Crippen LogP contribution in [0.15, 0.2) is 12.2 Å². The summed E-state index contributed by atoms with van der Waals surface area (Å²) in [5, 5.41) is 0. The lowest BCUT2D eigenvalue weighted by atomic mass is 9.52. The zero-order chi connectivity index (χ0) is 16.7. The van der Waals surface area contributed by atoms with Crippen LogP contribution in [0, 0.1) is 34.0 Å². The SMILES string of the molecule is CC(=O)O[C@@H]1CC[C@@]23C[C@]2(C=C[C@@H]2[C@@H]3CC[C@]3(C)C(=O)CC[C@@H]23)C1. The van der Waals surface area contributed by atoms with E-state index in [4.69, 9.17) is 4.74 Å². The minimum Gasteiger partial charge on any atom is -0.463 e. The van der Waals surface area contributed by atoms with Crippen molar-refractivity contribution in [3.8, 4) is 0 Å². The van der Waals surface area contributed by atoms with Gasteiger partial charge in [-0.3, -0.25) is 9.59 Å². The van der Waals surface area contributed by atoms with Crippen molar-refractivity contribution in [1.29, 1.82) is 0 Å². The van der Waals surface area contributed by atoms with E-state index in [1.165, 1.54) is 26.2 Å². The van der Waals surface area contributed by atoms with Crippen LogP contribution in [0.2, 0.25) is 0 Å². The molecule has 24 heavy (non-hydrogen) atoms. The van der Waals surface area contributed by atoms with Crippen molar-refractivity contribution in [3.63, 3.8) is 0 Å². The van der Waals surface area contributed by atoms with E-state index in [0.29, 0.717) is 28.4 Å². The molecule has 5 aliphatic rings. The standard InChI is InChI=1S/C21H28O3/c1-13(22)24-14-5-10-21-12-20(21,11-14)9-6-15-16-3-4-18(23)19(16,2)8-7-17(15)21/h6,9,14-17H,3-5,7-8,10-12H2,1-2H3/t14-,15+,16+,17+,19+,20+,21+/m1/s1. The van der Waals surface area contributed by atoms with Gasteiger partial charge in [-0.25, -0.2) is 0 Å². The first-order chi connectivity index (χ1) is 11.4. The highest BCUT2D eigenvalue weighted by Crippen LogP contribution is 2.81. The first kappa shape index (κ1) is 15.2. The fraction of sp³-hybridized carbons (Fsp3) is 0.810. The molecule has 3 heteroatoms. The highest BCUT2D eigenvalue weighted by Gasteiger charge is 2.74. The van der Waals surface area contributed by atoms with Crippen molar-refractivity contribution in [2.45, 2.75) is 71.3 Å². The Hall–Kier alpha value is -1.12. The van der Waals surface area contributed by atoms with Crippen LogP contribution < -0.4 is 0 Å². The van der Waals surface area contributed by atoms with E-state index in [2.05, 4.69) is 19.1 Å². The summed E-state index contributed by atoms with van der Waals surface area (Å²) in [7, 11) is 0. The molecule has 4 saturated carbocycles. The van der Waals surface area contributed by atoms with Gasteiger partial charge in [-0.2, -0.15) is 0 Å². The van der Waals surface area contributed by atoms with Crippen molar-refractivity contribution in [3.05, 3.63) is 12.2 Å². The average molecular weight is 328 g/mol. The molecular weight excluding hydrogens is 300 g/mol. The summed E-state index contributed by atoms with van der Waals surface area (Å²) in [6.45, 7) is 3.76. The quantitative estimate of drug-likeness (QED) is 0.538. The smallest absolute Gasteiger partial charge is 0.302 e. The molecule has 4 fully saturated rings. The Morgan fingerprint density at radius 3 is 2.83 bits per heavy atom. The van der Waals surface area contributed by atoms with Gasteiger partial charge in [0.15, 0.2) is 0 Å². The van der Waals surface area contributed by atoms with Gasteiger partial charge in [0.2, 0.25) is 0 Å². The molecule has 0 spiro atoms. The molecule has 0 aromatic carbocycles. The number of esters is 1. The number of fused-ring (bicyclic) bond motifs is 3. The summed E-state index contributed by atoms with van der Waals surface area (Å²) < 4.78 is 5.55. The van der Waals surface area contributed by atoms with Crippen LogP contribution in [-0.4, -0.2) is 17.9 Å². The molecule has 5 aliphatic carbocycles. The lowest BCUT2D eigenvalue weighted by molar-refractivity contribution is -0.149. The number of allylic oxidation sites excluding steroid dienone is 2. The zero-order valence-electron chi connectivity index (χ0n) is 14.8. The summed E-state index contributed by atoms with van der Waals surface area (Å²) in [5.41, 5.74) is 0.699. The molecule has 130 valence electrons. The zero-order valence-corrected chi connectivity index (χ0v) is 14.8. The molecule has 0 bridgehead atoms. The fourth-order valence-corrected chi connectivity index (χ4v) is 7.55. The van der Waals surface area contributed by atoms with Crippen LogP contribution in [0.25, 0.3) is 0 Å². The van der Waals surface area contributed by atoms with Gasteiger partial charge in [-0.1, -0.05) is 19.1 Å². The number of hydrogen-bond acceptors (Lipinski definition) is 3. The molecule has 0 aliphatic heterocycles. The molecule has 5 rings (SSSR count). The Balaban J connectivity index is 1.44.